The Morgan fingerprint density at radius 1 is 0.800 bits per heavy atom. The lowest BCUT2D eigenvalue weighted by Gasteiger charge is -2.07. The van der Waals surface area contributed by atoms with Crippen LogP contribution < -0.4 is 4.89 Å². The lowest BCUT2D eigenvalue weighted by atomic mass is 10.1. The quantitative estimate of drug-likeness (QED) is 0.559. The Hall–Kier alpha value is -1.80. The molecule has 0 amide bonds. The molecule has 0 radical (unpaired) electrons. The molecule has 0 unspecified atom stereocenters. The van der Waals surface area contributed by atoms with Gasteiger partial charge >= 0.3 is 0 Å². The van der Waals surface area contributed by atoms with Crippen molar-refractivity contribution in [2.24, 2.45) is 0 Å². The molecule has 0 aliphatic heterocycles. The molecule has 0 N–H and O–H groups in total. The van der Waals surface area contributed by atoms with Crippen molar-refractivity contribution in [3.05, 3.63) is 54.6 Å². The van der Waals surface area contributed by atoms with Crippen molar-refractivity contribution < 1.29 is 9.78 Å². The van der Waals surface area contributed by atoms with E-state index >= 15 is 0 Å². The zero-order valence-corrected chi connectivity index (χ0v) is 8.51. The van der Waals surface area contributed by atoms with Gasteiger partial charge in [0.25, 0.3) is 0 Å². The average Bonchev–Trinajstić information content (AvgIpc) is 2.31. The fourth-order valence-corrected chi connectivity index (χ4v) is 1.49. The Labute approximate surface area is 89.0 Å². The number of benzene rings is 2. The standard InChI is InChI=1S/C13H12O2/c1-14-15-13-10-6-5-9-12(13)11-7-3-2-4-8-11/h2-10H,1H3. The van der Waals surface area contributed by atoms with Gasteiger partial charge in [-0.2, -0.15) is 4.89 Å². The van der Waals surface area contributed by atoms with Crippen molar-refractivity contribution in [2.75, 3.05) is 7.11 Å². The van der Waals surface area contributed by atoms with E-state index in [1.165, 1.54) is 7.11 Å². The Morgan fingerprint density at radius 2 is 1.47 bits per heavy atom. The lowest BCUT2D eigenvalue weighted by molar-refractivity contribution is -0.177. The van der Waals surface area contributed by atoms with Gasteiger partial charge in [-0.3, -0.25) is 0 Å². The van der Waals surface area contributed by atoms with Crippen LogP contribution in [0.1, 0.15) is 0 Å². The molecule has 0 bridgehead atoms. The molecule has 2 aromatic carbocycles. The molecule has 0 saturated carbocycles. The largest absolute Gasteiger partial charge is 0.337 e. The maximum Gasteiger partial charge on any atom is 0.173 e. The first-order chi connectivity index (χ1) is 7.42. The van der Waals surface area contributed by atoms with Crippen LogP contribution in [0.3, 0.4) is 0 Å². The van der Waals surface area contributed by atoms with E-state index in [1.807, 2.05) is 54.6 Å². The second-order valence-corrected chi connectivity index (χ2v) is 3.11. The summed E-state index contributed by atoms with van der Waals surface area (Å²) in [6.07, 6.45) is 0. The third kappa shape index (κ3) is 2.17. The van der Waals surface area contributed by atoms with Gasteiger partial charge in [0.05, 0.1) is 7.11 Å². The van der Waals surface area contributed by atoms with Crippen molar-refractivity contribution in [2.45, 2.75) is 0 Å². The number of rotatable bonds is 3. The fraction of sp³-hybridized carbons (Fsp3) is 0.0769. The zero-order chi connectivity index (χ0) is 10.5. The van der Waals surface area contributed by atoms with Gasteiger partial charge in [-0.1, -0.05) is 48.5 Å². The molecular formula is C13H12O2. The Bertz CT molecular complexity index is 424. The predicted octanol–water partition coefficient (Wildman–Crippen LogP) is 3.29. The third-order valence-electron chi connectivity index (χ3n) is 2.14. The van der Waals surface area contributed by atoms with Crippen LogP contribution >= 0.6 is 0 Å². The summed E-state index contributed by atoms with van der Waals surface area (Å²) in [5, 5.41) is 0. The maximum atomic E-state index is 5.09. The van der Waals surface area contributed by atoms with E-state index in [0.29, 0.717) is 0 Å². The van der Waals surface area contributed by atoms with Crippen LogP contribution in [-0.4, -0.2) is 7.11 Å². The van der Waals surface area contributed by atoms with Gasteiger partial charge in [-0.25, -0.2) is 0 Å². The molecular weight excluding hydrogens is 188 g/mol. The highest BCUT2D eigenvalue weighted by atomic mass is 17.2. The highest BCUT2D eigenvalue weighted by Gasteiger charge is 2.04. The van der Waals surface area contributed by atoms with Gasteiger partial charge in [0.15, 0.2) is 5.75 Å². The highest BCUT2D eigenvalue weighted by molar-refractivity contribution is 5.69. The zero-order valence-electron chi connectivity index (χ0n) is 8.51. The van der Waals surface area contributed by atoms with E-state index in [4.69, 9.17) is 9.78 Å². The molecule has 2 aromatic rings. The van der Waals surface area contributed by atoms with Crippen LogP contribution in [0.5, 0.6) is 5.75 Å². The highest BCUT2D eigenvalue weighted by Crippen LogP contribution is 2.29. The van der Waals surface area contributed by atoms with E-state index in [2.05, 4.69) is 0 Å². The normalized spacial score (nSPS) is 9.93. The maximum absolute atomic E-state index is 5.09. The summed E-state index contributed by atoms with van der Waals surface area (Å²) in [5.74, 6) is 0.728. The van der Waals surface area contributed by atoms with E-state index in [0.717, 1.165) is 16.9 Å². The molecule has 0 spiro atoms. The van der Waals surface area contributed by atoms with Crippen LogP contribution in [-0.2, 0) is 4.89 Å². The van der Waals surface area contributed by atoms with Crippen molar-refractivity contribution >= 4 is 0 Å². The first kappa shape index (κ1) is 9.74. The van der Waals surface area contributed by atoms with E-state index in [-0.39, 0.29) is 0 Å². The van der Waals surface area contributed by atoms with E-state index in [1.54, 1.807) is 0 Å². The van der Waals surface area contributed by atoms with Gasteiger partial charge in [0, 0.05) is 5.56 Å². The Balaban J connectivity index is 2.43. The van der Waals surface area contributed by atoms with Crippen LogP contribution in [0, 0.1) is 0 Å². The molecule has 0 fully saturated rings. The van der Waals surface area contributed by atoms with Crippen LogP contribution in [0.2, 0.25) is 0 Å². The number of hydrogen-bond donors (Lipinski definition) is 0. The molecule has 0 atom stereocenters. The van der Waals surface area contributed by atoms with Gasteiger partial charge in [0.1, 0.15) is 0 Å². The predicted molar refractivity (Wildman–Crippen MR) is 59.5 cm³/mol. The van der Waals surface area contributed by atoms with Crippen molar-refractivity contribution in [1.82, 2.24) is 0 Å². The smallest absolute Gasteiger partial charge is 0.173 e. The Morgan fingerprint density at radius 3 is 2.20 bits per heavy atom. The summed E-state index contributed by atoms with van der Waals surface area (Å²) in [5.41, 5.74) is 2.14. The summed E-state index contributed by atoms with van der Waals surface area (Å²) in [7, 11) is 1.50. The summed E-state index contributed by atoms with van der Waals surface area (Å²) >= 11 is 0. The van der Waals surface area contributed by atoms with Crippen LogP contribution in [0.4, 0.5) is 0 Å². The first-order valence-electron chi connectivity index (χ1n) is 4.77. The van der Waals surface area contributed by atoms with Gasteiger partial charge in [-0.05, 0) is 11.6 Å². The molecule has 15 heavy (non-hydrogen) atoms. The minimum absolute atomic E-state index is 0.728. The van der Waals surface area contributed by atoms with Crippen molar-refractivity contribution in [3.63, 3.8) is 0 Å². The molecule has 0 aliphatic carbocycles. The number of hydrogen-bond acceptors (Lipinski definition) is 2. The summed E-state index contributed by atoms with van der Waals surface area (Å²) in [6.45, 7) is 0. The summed E-state index contributed by atoms with van der Waals surface area (Å²) in [6, 6.07) is 17.8. The molecule has 0 aromatic heterocycles. The minimum atomic E-state index is 0.728. The summed E-state index contributed by atoms with van der Waals surface area (Å²) < 4.78 is 0. The third-order valence-corrected chi connectivity index (χ3v) is 2.14. The fourth-order valence-electron chi connectivity index (χ4n) is 1.49. The molecule has 0 heterocycles. The average molecular weight is 200 g/mol. The molecule has 2 rings (SSSR count). The van der Waals surface area contributed by atoms with E-state index in [9.17, 15) is 0 Å². The topological polar surface area (TPSA) is 18.5 Å². The van der Waals surface area contributed by atoms with Gasteiger partial charge < -0.3 is 4.89 Å². The lowest BCUT2D eigenvalue weighted by Crippen LogP contribution is -1.92. The van der Waals surface area contributed by atoms with Crippen molar-refractivity contribution in [3.8, 4) is 16.9 Å². The monoisotopic (exact) mass is 200 g/mol. The van der Waals surface area contributed by atoms with Crippen LogP contribution in [0.15, 0.2) is 54.6 Å². The molecule has 2 nitrogen and oxygen atoms in total. The summed E-state index contributed by atoms with van der Waals surface area (Å²) in [4.78, 5) is 9.78. The Kier molecular flexibility index (Phi) is 3.00. The number of para-hydroxylation sites is 1. The minimum Gasteiger partial charge on any atom is -0.337 e. The molecule has 2 heteroatoms. The molecule has 0 saturated heterocycles. The van der Waals surface area contributed by atoms with Crippen molar-refractivity contribution in [1.29, 1.82) is 0 Å². The first-order valence-corrected chi connectivity index (χ1v) is 4.77. The van der Waals surface area contributed by atoms with E-state index < -0.39 is 0 Å². The van der Waals surface area contributed by atoms with Crippen LogP contribution in [0.25, 0.3) is 11.1 Å². The molecule has 76 valence electrons. The van der Waals surface area contributed by atoms with Gasteiger partial charge in [0.2, 0.25) is 0 Å². The SMILES string of the molecule is COOc1ccccc1-c1ccccc1. The second-order valence-electron chi connectivity index (χ2n) is 3.11. The second kappa shape index (κ2) is 4.62. The molecule has 0 aliphatic rings. The van der Waals surface area contributed by atoms with Gasteiger partial charge in [-0.15, -0.1) is 0 Å².